The Morgan fingerprint density at radius 2 is 1.64 bits per heavy atom. The van der Waals surface area contributed by atoms with E-state index in [4.69, 9.17) is 9.15 Å². The maximum absolute atomic E-state index is 12.9. The Labute approximate surface area is 190 Å². The third-order valence-corrected chi connectivity index (χ3v) is 5.88. The van der Waals surface area contributed by atoms with Crippen molar-refractivity contribution in [3.63, 3.8) is 0 Å². The van der Waals surface area contributed by atoms with Crippen LogP contribution in [0.2, 0.25) is 0 Å². The summed E-state index contributed by atoms with van der Waals surface area (Å²) in [5.74, 6) is 0.0571. The molecule has 33 heavy (non-hydrogen) atoms. The van der Waals surface area contributed by atoms with Crippen molar-refractivity contribution in [2.45, 2.75) is 27.7 Å². The molecule has 3 aromatic carbocycles. The number of fused-ring (bicyclic) bond motifs is 1. The van der Waals surface area contributed by atoms with Gasteiger partial charge in [-0.1, -0.05) is 12.1 Å². The molecule has 0 spiro atoms. The van der Waals surface area contributed by atoms with Gasteiger partial charge in [-0.25, -0.2) is 4.79 Å². The number of hydrogen-bond donors (Lipinski definition) is 1. The predicted molar refractivity (Wildman–Crippen MR) is 132 cm³/mol. The number of hydrogen-bond acceptors (Lipinski definition) is 7. The van der Waals surface area contributed by atoms with Crippen LogP contribution in [0.5, 0.6) is 5.75 Å². The third kappa shape index (κ3) is 3.91. The van der Waals surface area contributed by atoms with Gasteiger partial charge < -0.3 is 19.4 Å². The Hall–Kier alpha value is -3.87. The molecule has 4 aromatic rings. The number of aryl methyl sites for hydroxylation is 1. The van der Waals surface area contributed by atoms with Crippen molar-refractivity contribution in [3.05, 3.63) is 78.9 Å². The first-order valence-electron chi connectivity index (χ1n) is 11.1. The van der Waals surface area contributed by atoms with Crippen LogP contribution in [0, 0.1) is 6.92 Å². The van der Waals surface area contributed by atoms with E-state index in [1.807, 2.05) is 25.1 Å². The molecule has 170 valence electrons. The summed E-state index contributed by atoms with van der Waals surface area (Å²) < 4.78 is 10.9. The van der Waals surface area contributed by atoms with Gasteiger partial charge in [0.25, 0.3) is 10.9 Å². The van der Waals surface area contributed by atoms with Gasteiger partial charge in [0.05, 0.1) is 12.2 Å². The van der Waals surface area contributed by atoms with Gasteiger partial charge >= 0.3 is 5.63 Å². The molecule has 4 rings (SSSR count). The normalized spacial score (nSPS) is 11.2. The van der Waals surface area contributed by atoms with Crippen molar-refractivity contribution in [3.8, 4) is 16.9 Å². The zero-order valence-corrected chi connectivity index (χ0v) is 19.2. The second-order valence-corrected chi connectivity index (χ2v) is 7.74. The minimum Gasteiger partial charge on any atom is -0.488 e. The minimum absolute atomic E-state index is 0.0571. The van der Waals surface area contributed by atoms with E-state index in [-0.39, 0.29) is 11.4 Å². The zero-order valence-electron chi connectivity index (χ0n) is 19.2. The van der Waals surface area contributed by atoms with Crippen LogP contribution in [0.1, 0.15) is 26.3 Å². The molecule has 1 N–H and O–H groups in total. The van der Waals surface area contributed by atoms with Crippen LogP contribution in [0.25, 0.3) is 22.1 Å². The lowest BCUT2D eigenvalue weighted by molar-refractivity contribution is 0.335. The average molecular weight is 447 g/mol. The van der Waals surface area contributed by atoms with Crippen LogP contribution in [-0.4, -0.2) is 19.7 Å². The first-order valence-corrected chi connectivity index (χ1v) is 11.1. The molecule has 0 aliphatic carbocycles. The van der Waals surface area contributed by atoms with Gasteiger partial charge in [0, 0.05) is 35.9 Å². The van der Waals surface area contributed by atoms with Crippen LogP contribution in [0.3, 0.4) is 0 Å². The van der Waals surface area contributed by atoms with Gasteiger partial charge in [-0.2, -0.15) is 0 Å². The Balaban J connectivity index is 1.67. The van der Waals surface area contributed by atoms with Gasteiger partial charge in [-0.05, 0) is 63.1 Å². The summed E-state index contributed by atoms with van der Waals surface area (Å²) >= 11 is 0. The molecule has 0 fully saturated rings. The number of nitrogens with one attached hydrogen (secondary N) is 1. The zero-order chi connectivity index (χ0) is 23.7. The molecular formula is C26H26N2O5. The van der Waals surface area contributed by atoms with Crippen LogP contribution < -0.4 is 31.4 Å². The number of anilines is 3. The van der Waals surface area contributed by atoms with Gasteiger partial charge in [-0.3, -0.25) is 9.59 Å². The van der Waals surface area contributed by atoms with E-state index in [9.17, 15) is 14.4 Å². The fourth-order valence-corrected chi connectivity index (χ4v) is 4.09. The van der Waals surface area contributed by atoms with Crippen molar-refractivity contribution in [2.75, 3.05) is 29.9 Å². The van der Waals surface area contributed by atoms with Crippen molar-refractivity contribution in [1.82, 2.24) is 0 Å². The lowest BCUT2D eigenvalue weighted by atomic mass is 9.99. The van der Waals surface area contributed by atoms with E-state index < -0.39 is 16.5 Å². The van der Waals surface area contributed by atoms with Crippen molar-refractivity contribution in [1.29, 1.82) is 0 Å². The topological polar surface area (TPSA) is 88.8 Å². The molecule has 7 nitrogen and oxygen atoms in total. The quantitative estimate of drug-likeness (QED) is 0.318. The summed E-state index contributed by atoms with van der Waals surface area (Å²) in [7, 11) is 0. The van der Waals surface area contributed by atoms with E-state index >= 15 is 0 Å². The standard InChI is InChI=1S/C26H26N2O5/c1-5-28(6-2)18-12-13-19-15(4)21(26(31)33-20(19)14-18)16-8-10-17(11-9-16)27-22-23(29)24(30)25(22)32-7-3/h8-14,27H,5-7H2,1-4H3. The summed E-state index contributed by atoms with van der Waals surface area (Å²) in [6, 6.07) is 13.0. The Morgan fingerprint density at radius 1 is 0.939 bits per heavy atom. The summed E-state index contributed by atoms with van der Waals surface area (Å²) in [6.45, 7) is 9.87. The molecule has 1 aromatic heterocycles. The van der Waals surface area contributed by atoms with Crippen LogP contribution >= 0.6 is 0 Å². The largest absolute Gasteiger partial charge is 0.488 e. The van der Waals surface area contributed by atoms with Crippen molar-refractivity contribution in [2.24, 2.45) is 0 Å². The molecule has 0 aliphatic rings. The Kier molecular flexibility index (Phi) is 6.05. The van der Waals surface area contributed by atoms with E-state index in [0.717, 1.165) is 29.7 Å². The molecule has 0 radical (unpaired) electrons. The highest BCUT2D eigenvalue weighted by atomic mass is 16.5. The predicted octanol–water partition coefficient (Wildman–Crippen LogP) is 4.35. The Morgan fingerprint density at radius 3 is 2.27 bits per heavy atom. The molecule has 0 saturated carbocycles. The van der Waals surface area contributed by atoms with Crippen LogP contribution in [0.4, 0.5) is 17.1 Å². The molecular weight excluding hydrogens is 420 g/mol. The molecule has 0 saturated heterocycles. The van der Waals surface area contributed by atoms with Gasteiger partial charge in [0.2, 0.25) is 0 Å². The Bertz CT molecular complexity index is 1440. The smallest absolute Gasteiger partial charge is 0.344 e. The van der Waals surface area contributed by atoms with E-state index in [1.54, 1.807) is 31.2 Å². The highest BCUT2D eigenvalue weighted by Gasteiger charge is 2.22. The first-order chi connectivity index (χ1) is 15.9. The van der Waals surface area contributed by atoms with Crippen LogP contribution in [-0.2, 0) is 0 Å². The average Bonchev–Trinajstić information content (AvgIpc) is 2.82. The third-order valence-electron chi connectivity index (χ3n) is 5.88. The highest BCUT2D eigenvalue weighted by Crippen LogP contribution is 2.31. The van der Waals surface area contributed by atoms with Gasteiger partial charge in [0.15, 0.2) is 5.75 Å². The van der Waals surface area contributed by atoms with Gasteiger partial charge in [0.1, 0.15) is 11.3 Å². The lowest BCUT2D eigenvalue weighted by Gasteiger charge is -2.21. The highest BCUT2D eigenvalue weighted by molar-refractivity contribution is 5.89. The second kappa shape index (κ2) is 8.94. The molecule has 0 amide bonds. The monoisotopic (exact) mass is 446 g/mol. The summed E-state index contributed by atoms with van der Waals surface area (Å²) in [5, 5.41) is 3.82. The first kappa shape index (κ1) is 22.3. The summed E-state index contributed by atoms with van der Waals surface area (Å²) in [4.78, 5) is 38.6. The number of benzene rings is 2. The summed E-state index contributed by atoms with van der Waals surface area (Å²) in [6.07, 6.45) is 0. The van der Waals surface area contributed by atoms with E-state index in [0.29, 0.717) is 29.0 Å². The fourth-order valence-electron chi connectivity index (χ4n) is 4.09. The van der Waals surface area contributed by atoms with Crippen molar-refractivity contribution >= 4 is 28.0 Å². The maximum atomic E-state index is 12.9. The van der Waals surface area contributed by atoms with E-state index in [1.165, 1.54) is 0 Å². The number of rotatable bonds is 8. The molecule has 0 unspecified atom stereocenters. The van der Waals surface area contributed by atoms with Gasteiger partial charge in [-0.15, -0.1) is 0 Å². The molecule has 7 heteroatoms. The number of nitrogens with zero attached hydrogens (tertiary/aromatic N) is 1. The molecule has 0 aliphatic heterocycles. The lowest BCUT2D eigenvalue weighted by Crippen LogP contribution is -2.35. The fraction of sp³-hybridized carbons (Fsp3) is 0.269. The summed E-state index contributed by atoms with van der Waals surface area (Å²) in [5.41, 5.74) is 2.76. The minimum atomic E-state index is -0.621. The van der Waals surface area contributed by atoms with E-state index in [2.05, 4.69) is 24.1 Å². The van der Waals surface area contributed by atoms with Crippen LogP contribution in [0.15, 0.2) is 61.3 Å². The second-order valence-electron chi connectivity index (χ2n) is 7.74. The maximum Gasteiger partial charge on any atom is 0.344 e. The van der Waals surface area contributed by atoms with Crippen molar-refractivity contribution < 1.29 is 9.15 Å². The number of ether oxygens (including phenoxy) is 1. The molecule has 0 atom stereocenters. The SMILES string of the molecule is CCOc1c(Nc2ccc(-c3c(C)c4ccc(N(CC)CC)cc4oc3=O)cc2)c(=O)c1=O. The molecule has 0 bridgehead atoms. The molecule has 1 heterocycles.